The largest absolute Gasteiger partial charge is 0.356 e. The van der Waals surface area contributed by atoms with Gasteiger partial charge in [0.05, 0.1) is 18.1 Å². The van der Waals surface area contributed by atoms with Crippen LogP contribution in [0.5, 0.6) is 0 Å². The lowest BCUT2D eigenvalue weighted by molar-refractivity contribution is 0.768. The molecule has 3 aromatic rings. The number of benzene rings is 1. The molecule has 0 bridgehead atoms. The number of aryl methyl sites for hydroxylation is 1. The third-order valence-corrected chi connectivity index (χ3v) is 3.66. The Labute approximate surface area is 156 Å². The van der Waals surface area contributed by atoms with Gasteiger partial charge in [0.2, 0.25) is 5.95 Å². The van der Waals surface area contributed by atoms with E-state index >= 15 is 0 Å². The van der Waals surface area contributed by atoms with Gasteiger partial charge in [-0.05, 0) is 24.3 Å². The first kappa shape index (κ1) is 17.5. The molecule has 0 unspecified atom stereocenters. The lowest BCUT2D eigenvalue weighted by Crippen LogP contribution is -2.02. The molecule has 8 heteroatoms. The Hall–Kier alpha value is -3.32. The van der Waals surface area contributed by atoms with E-state index in [4.69, 9.17) is 11.6 Å². The van der Waals surface area contributed by atoms with Gasteiger partial charge in [0.15, 0.2) is 5.82 Å². The monoisotopic (exact) mass is 367 g/mol. The minimum atomic E-state index is 0.414. The highest BCUT2D eigenvalue weighted by molar-refractivity contribution is 6.32. The van der Waals surface area contributed by atoms with Crippen LogP contribution in [-0.4, -0.2) is 19.7 Å². The molecular formula is C18H18ClN7. The van der Waals surface area contributed by atoms with Crippen molar-refractivity contribution in [2.75, 3.05) is 16.0 Å². The molecule has 2 heterocycles. The van der Waals surface area contributed by atoms with E-state index in [1.807, 2.05) is 37.5 Å². The summed E-state index contributed by atoms with van der Waals surface area (Å²) in [4.78, 5) is 8.64. The first-order valence-corrected chi connectivity index (χ1v) is 8.15. The minimum Gasteiger partial charge on any atom is -0.356 e. The topological polar surface area (TPSA) is 79.7 Å². The highest BCUT2D eigenvalue weighted by Crippen LogP contribution is 2.25. The normalized spacial score (nSPS) is 10.2. The highest BCUT2D eigenvalue weighted by atomic mass is 35.5. The summed E-state index contributed by atoms with van der Waals surface area (Å²) in [5.74, 6) is 0.909. The van der Waals surface area contributed by atoms with Crippen molar-refractivity contribution in [3.8, 4) is 0 Å². The zero-order chi connectivity index (χ0) is 18.5. The smallest absolute Gasteiger partial charge is 0.229 e. The van der Waals surface area contributed by atoms with Gasteiger partial charge in [0.25, 0.3) is 0 Å². The second-order valence-electron chi connectivity index (χ2n) is 5.48. The first-order chi connectivity index (χ1) is 12.5. The summed E-state index contributed by atoms with van der Waals surface area (Å²) in [6.45, 7) is 7.52. The van der Waals surface area contributed by atoms with Gasteiger partial charge < -0.3 is 16.0 Å². The van der Waals surface area contributed by atoms with E-state index in [0.717, 1.165) is 17.1 Å². The van der Waals surface area contributed by atoms with Crippen LogP contribution in [0, 0.1) is 0 Å². The molecule has 0 radical (unpaired) electrons. The second-order valence-corrected chi connectivity index (χ2v) is 5.89. The lowest BCUT2D eigenvalue weighted by atomic mass is 10.2. The van der Waals surface area contributed by atoms with Crippen molar-refractivity contribution < 1.29 is 0 Å². The number of allylic oxidation sites excluding steroid dienone is 1. The van der Waals surface area contributed by atoms with Crippen molar-refractivity contribution in [1.29, 1.82) is 0 Å². The van der Waals surface area contributed by atoms with Gasteiger partial charge in [-0.1, -0.05) is 30.8 Å². The van der Waals surface area contributed by atoms with Gasteiger partial charge in [-0.3, -0.25) is 4.68 Å². The summed E-state index contributed by atoms with van der Waals surface area (Å²) in [6, 6.07) is 7.67. The zero-order valence-corrected chi connectivity index (χ0v) is 15.0. The molecule has 0 aliphatic rings. The molecule has 2 aromatic heterocycles. The zero-order valence-electron chi connectivity index (χ0n) is 14.2. The van der Waals surface area contributed by atoms with E-state index in [-0.39, 0.29) is 0 Å². The molecule has 0 spiro atoms. The lowest BCUT2D eigenvalue weighted by Gasteiger charge is -2.11. The molecule has 1 aromatic carbocycles. The number of nitrogens with one attached hydrogen (secondary N) is 3. The third kappa shape index (κ3) is 4.40. The quantitative estimate of drug-likeness (QED) is 0.535. The molecule has 0 saturated carbocycles. The molecule has 3 rings (SSSR count). The summed E-state index contributed by atoms with van der Waals surface area (Å²) < 4.78 is 1.69. The van der Waals surface area contributed by atoms with Crippen LogP contribution in [0.4, 0.5) is 28.8 Å². The predicted molar refractivity (Wildman–Crippen MR) is 106 cm³/mol. The Kier molecular flexibility index (Phi) is 5.19. The fraction of sp³-hybridized carbons (Fsp3) is 0.0556. The molecule has 0 fully saturated rings. The van der Waals surface area contributed by atoms with Gasteiger partial charge >= 0.3 is 0 Å². The maximum absolute atomic E-state index is 6.18. The van der Waals surface area contributed by atoms with Gasteiger partial charge in [0.1, 0.15) is 5.02 Å². The van der Waals surface area contributed by atoms with E-state index in [0.29, 0.717) is 22.5 Å². The van der Waals surface area contributed by atoms with Gasteiger partial charge in [-0.2, -0.15) is 10.1 Å². The number of rotatable bonds is 7. The number of hydrogen-bond acceptors (Lipinski definition) is 6. The van der Waals surface area contributed by atoms with Crippen LogP contribution >= 0.6 is 11.6 Å². The van der Waals surface area contributed by atoms with E-state index in [1.165, 1.54) is 6.20 Å². The van der Waals surface area contributed by atoms with Crippen LogP contribution in [0.2, 0.25) is 5.02 Å². The van der Waals surface area contributed by atoms with Gasteiger partial charge in [0, 0.05) is 30.3 Å². The van der Waals surface area contributed by atoms with Crippen LogP contribution in [0.15, 0.2) is 67.8 Å². The number of halogens is 1. The third-order valence-electron chi connectivity index (χ3n) is 3.38. The Morgan fingerprint density at radius 3 is 2.73 bits per heavy atom. The average Bonchev–Trinajstić information content (AvgIpc) is 3.03. The molecule has 0 aliphatic heterocycles. The number of aromatic nitrogens is 4. The van der Waals surface area contributed by atoms with Gasteiger partial charge in [-0.25, -0.2) is 4.98 Å². The Bertz CT molecular complexity index is 948. The molecule has 0 amide bonds. The first-order valence-electron chi connectivity index (χ1n) is 7.77. The molecular weight excluding hydrogens is 350 g/mol. The molecule has 0 aliphatic carbocycles. The summed E-state index contributed by atoms with van der Waals surface area (Å²) >= 11 is 6.18. The SMILES string of the molecule is C=CC(=C)Nc1cccc(Nc2ncc(Cl)c(Nc3cnn(C)c3)n2)c1. The van der Waals surface area contributed by atoms with Crippen molar-refractivity contribution in [1.82, 2.24) is 19.7 Å². The summed E-state index contributed by atoms with van der Waals surface area (Å²) in [5.41, 5.74) is 3.20. The molecule has 26 heavy (non-hydrogen) atoms. The van der Waals surface area contributed by atoms with Crippen molar-refractivity contribution in [3.63, 3.8) is 0 Å². The van der Waals surface area contributed by atoms with E-state index in [9.17, 15) is 0 Å². The van der Waals surface area contributed by atoms with Gasteiger partial charge in [-0.15, -0.1) is 0 Å². The summed E-state index contributed by atoms with van der Waals surface area (Å²) in [6.07, 6.45) is 6.70. The average molecular weight is 368 g/mol. The van der Waals surface area contributed by atoms with Crippen molar-refractivity contribution in [2.24, 2.45) is 7.05 Å². The maximum atomic E-state index is 6.18. The molecule has 7 nitrogen and oxygen atoms in total. The minimum absolute atomic E-state index is 0.414. The number of hydrogen-bond donors (Lipinski definition) is 3. The van der Waals surface area contributed by atoms with E-state index in [2.05, 4.69) is 44.2 Å². The molecule has 0 atom stereocenters. The van der Waals surface area contributed by atoms with Crippen molar-refractivity contribution in [2.45, 2.75) is 0 Å². The van der Waals surface area contributed by atoms with Crippen LogP contribution < -0.4 is 16.0 Å². The fourth-order valence-corrected chi connectivity index (χ4v) is 2.32. The highest BCUT2D eigenvalue weighted by Gasteiger charge is 2.08. The maximum Gasteiger partial charge on any atom is 0.229 e. The second kappa shape index (κ2) is 7.71. The van der Waals surface area contributed by atoms with Crippen molar-refractivity contribution >= 4 is 40.4 Å². The number of nitrogens with zero attached hydrogens (tertiary/aromatic N) is 4. The Balaban J connectivity index is 1.77. The van der Waals surface area contributed by atoms with Crippen LogP contribution in [-0.2, 0) is 7.05 Å². The van der Waals surface area contributed by atoms with E-state index < -0.39 is 0 Å². The summed E-state index contributed by atoms with van der Waals surface area (Å²) in [7, 11) is 1.84. The molecule has 132 valence electrons. The van der Waals surface area contributed by atoms with Crippen LogP contribution in [0.3, 0.4) is 0 Å². The molecule has 0 saturated heterocycles. The number of anilines is 5. The summed E-state index contributed by atoms with van der Waals surface area (Å²) in [5, 5.41) is 13.9. The Morgan fingerprint density at radius 2 is 2.00 bits per heavy atom. The standard InChI is InChI=1S/C18H18ClN7/c1-4-12(2)22-13-6-5-7-14(8-13)24-18-20-10-16(19)17(25-18)23-15-9-21-26(3)11-15/h4-11,22H,1-2H2,3H3,(H2,20,23,24,25). The van der Waals surface area contributed by atoms with Crippen LogP contribution in [0.25, 0.3) is 0 Å². The predicted octanol–water partition coefficient (Wildman–Crippen LogP) is 4.46. The Morgan fingerprint density at radius 1 is 1.19 bits per heavy atom. The van der Waals surface area contributed by atoms with Crippen LogP contribution in [0.1, 0.15) is 0 Å². The molecule has 3 N–H and O–H groups in total. The fourth-order valence-electron chi connectivity index (χ4n) is 2.18. The van der Waals surface area contributed by atoms with E-state index in [1.54, 1.807) is 17.0 Å². The van der Waals surface area contributed by atoms with Crippen molar-refractivity contribution in [3.05, 3.63) is 72.8 Å².